The van der Waals surface area contributed by atoms with Crippen molar-refractivity contribution in [2.24, 2.45) is 5.14 Å². The van der Waals surface area contributed by atoms with Crippen molar-refractivity contribution in [2.45, 2.75) is 22.0 Å². The van der Waals surface area contributed by atoms with Crippen LogP contribution in [-0.2, 0) is 14.8 Å². The van der Waals surface area contributed by atoms with Crippen LogP contribution in [0.3, 0.4) is 0 Å². The van der Waals surface area contributed by atoms with Gasteiger partial charge in [-0.3, -0.25) is 4.79 Å². The Kier molecular flexibility index (Phi) is 5.87. The highest BCUT2D eigenvalue weighted by molar-refractivity contribution is 8.00. The Morgan fingerprint density at radius 2 is 1.88 bits per heavy atom. The summed E-state index contributed by atoms with van der Waals surface area (Å²) in [5.41, 5.74) is 0.442. The summed E-state index contributed by atoms with van der Waals surface area (Å²) in [7, 11) is -3.77. The summed E-state index contributed by atoms with van der Waals surface area (Å²) in [6.07, 6.45) is 0. The number of halogens is 2. The lowest BCUT2D eigenvalue weighted by molar-refractivity contribution is -0.115. The normalized spacial score (nSPS) is 12.7. The van der Waals surface area contributed by atoms with Crippen LogP contribution in [0.15, 0.2) is 52.3 Å². The van der Waals surface area contributed by atoms with Crippen LogP contribution in [0.4, 0.5) is 10.1 Å². The quantitative estimate of drug-likeness (QED) is 0.769. The number of anilines is 1. The van der Waals surface area contributed by atoms with E-state index < -0.39 is 21.1 Å². The Labute approximate surface area is 148 Å². The van der Waals surface area contributed by atoms with Gasteiger partial charge in [-0.05, 0) is 49.4 Å². The van der Waals surface area contributed by atoms with E-state index in [1.54, 1.807) is 6.92 Å². The number of sulfonamides is 1. The molecule has 0 aromatic heterocycles. The predicted octanol–water partition coefficient (Wildman–Crippen LogP) is 3.25. The maximum atomic E-state index is 13.1. The molecule has 1 amide bonds. The summed E-state index contributed by atoms with van der Waals surface area (Å²) in [5, 5.41) is 7.20. The SMILES string of the molecule is CC(Sc1ccc(F)c(Cl)c1)C(=O)Nc1ccc(S(N)(=O)=O)cc1. The zero-order valence-corrected chi connectivity index (χ0v) is 14.9. The molecule has 0 fully saturated rings. The van der Waals surface area contributed by atoms with E-state index in [1.807, 2.05) is 0 Å². The van der Waals surface area contributed by atoms with Gasteiger partial charge in [0.1, 0.15) is 5.82 Å². The molecular formula is C15H14ClFN2O3S2. The average molecular weight is 389 g/mol. The van der Waals surface area contributed by atoms with Crippen LogP contribution in [0.1, 0.15) is 6.92 Å². The zero-order valence-electron chi connectivity index (χ0n) is 12.5. The van der Waals surface area contributed by atoms with E-state index in [9.17, 15) is 17.6 Å². The van der Waals surface area contributed by atoms with Crippen LogP contribution in [0.2, 0.25) is 5.02 Å². The summed E-state index contributed by atoms with van der Waals surface area (Å²) >= 11 is 6.93. The first kappa shape index (κ1) is 18.7. The van der Waals surface area contributed by atoms with Gasteiger partial charge >= 0.3 is 0 Å². The van der Waals surface area contributed by atoms with E-state index in [-0.39, 0.29) is 15.8 Å². The molecule has 0 heterocycles. The maximum Gasteiger partial charge on any atom is 0.238 e. The lowest BCUT2D eigenvalue weighted by atomic mass is 10.3. The lowest BCUT2D eigenvalue weighted by Crippen LogP contribution is -2.22. The van der Waals surface area contributed by atoms with Gasteiger partial charge in [0.15, 0.2) is 0 Å². The summed E-state index contributed by atoms with van der Waals surface area (Å²) in [4.78, 5) is 12.8. The van der Waals surface area contributed by atoms with Gasteiger partial charge < -0.3 is 5.32 Å². The van der Waals surface area contributed by atoms with Gasteiger partial charge in [-0.25, -0.2) is 17.9 Å². The molecule has 0 aliphatic heterocycles. The molecular weight excluding hydrogens is 375 g/mol. The van der Waals surface area contributed by atoms with Crippen LogP contribution in [0, 0.1) is 5.82 Å². The molecule has 24 heavy (non-hydrogen) atoms. The van der Waals surface area contributed by atoms with Gasteiger partial charge in [-0.2, -0.15) is 0 Å². The fourth-order valence-electron chi connectivity index (χ4n) is 1.78. The first-order valence-electron chi connectivity index (χ1n) is 6.72. The van der Waals surface area contributed by atoms with Gasteiger partial charge in [0.25, 0.3) is 0 Å². The second kappa shape index (κ2) is 7.52. The Hall–Kier alpha value is -1.61. The smallest absolute Gasteiger partial charge is 0.238 e. The third-order valence-corrected chi connectivity index (χ3v) is 5.34. The highest BCUT2D eigenvalue weighted by Gasteiger charge is 2.16. The van der Waals surface area contributed by atoms with Crippen molar-refractivity contribution < 1.29 is 17.6 Å². The Morgan fingerprint density at radius 1 is 1.25 bits per heavy atom. The summed E-state index contributed by atoms with van der Waals surface area (Å²) in [6.45, 7) is 1.69. The number of nitrogens with one attached hydrogen (secondary N) is 1. The zero-order chi connectivity index (χ0) is 17.9. The highest BCUT2D eigenvalue weighted by atomic mass is 35.5. The number of hydrogen-bond donors (Lipinski definition) is 2. The molecule has 0 aliphatic rings. The minimum atomic E-state index is -3.77. The minimum absolute atomic E-state index is 0.00816. The van der Waals surface area contributed by atoms with E-state index in [2.05, 4.69) is 5.32 Å². The van der Waals surface area contributed by atoms with E-state index in [0.717, 1.165) is 0 Å². The van der Waals surface area contributed by atoms with Crippen LogP contribution in [0.25, 0.3) is 0 Å². The van der Waals surface area contributed by atoms with E-state index in [0.29, 0.717) is 10.6 Å². The third kappa shape index (κ3) is 4.94. The van der Waals surface area contributed by atoms with Crippen LogP contribution in [-0.4, -0.2) is 19.6 Å². The average Bonchev–Trinajstić information content (AvgIpc) is 2.50. The largest absolute Gasteiger partial charge is 0.325 e. The Morgan fingerprint density at radius 3 is 2.42 bits per heavy atom. The van der Waals surface area contributed by atoms with Gasteiger partial charge in [0.2, 0.25) is 15.9 Å². The molecule has 0 bridgehead atoms. The minimum Gasteiger partial charge on any atom is -0.325 e. The van der Waals surface area contributed by atoms with E-state index in [1.165, 1.54) is 54.2 Å². The molecule has 128 valence electrons. The number of benzene rings is 2. The molecule has 3 N–H and O–H groups in total. The number of carbonyl (C=O) groups is 1. The van der Waals surface area contributed by atoms with Crippen molar-refractivity contribution in [2.75, 3.05) is 5.32 Å². The molecule has 0 saturated carbocycles. The van der Waals surface area contributed by atoms with Crippen LogP contribution in [0.5, 0.6) is 0 Å². The molecule has 2 aromatic rings. The fraction of sp³-hybridized carbons (Fsp3) is 0.133. The first-order chi connectivity index (χ1) is 11.2. The monoisotopic (exact) mass is 388 g/mol. The second-order valence-electron chi connectivity index (χ2n) is 4.89. The van der Waals surface area contributed by atoms with E-state index >= 15 is 0 Å². The number of hydrogen-bond acceptors (Lipinski definition) is 4. The number of rotatable bonds is 5. The number of thioether (sulfide) groups is 1. The Balaban J connectivity index is 2.02. The van der Waals surface area contributed by atoms with Crippen molar-refractivity contribution >= 4 is 45.0 Å². The molecule has 1 atom stereocenters. The number of nitrogens with two attached hydrogens (primary N) is 1. The van der Waals surface area contributed by atoms with Crippen molar-refractivity contribution in [1.82, 2.24) is 0 Å². The standard InChI is InChI=1S/C15H14ClFN2O3S2/c1-9(23-11-4-7-14(17)13(16)8-11)15(20)19-10-2-5-12(6-3-10)24(18,21)22/h2-9H,1H3,(H,19,20)(H2,18,21,22). The molecule has 1 unspecified atom stereocenters. The summed E-state index contributed by atoms with van der Waals surface area (Å²) < 4.78 is 35.5. The van der Waals surface area contributed by atoms with Gasteiger partial charge in [-0.1, -0.05) is 11.6 Å². The second-order valence-corrected chi connectivity index (χ2v) is 8.28. The molecule has 2 rings (SSSR count). The molecule has 0 spiro atoms. The molecule has 5 nitrogen and oxygen atoms in total. The van der Waals surface area contributed by atoms with Crippen LogP contribution < -0.4 is 10.5 Å². The van der Waals surface area contributed by atoms with Gasteiger partial charge in [0, 0.05) is 10.6 Å². The molecule has 2 aromatic carbocycles. The molecule has 0 saturated heterocycles. The summed E-state index contributed by atoms with van der Waals surface area (Å²) in [6, 6.07) is 9.74. The van der Waals surface area contributed by atoms with Crippen LogP contribution >= 0.6 is 23.4 Å². The molecule has 9 heteroatoms. The maximum absolute atomic E-state index is 13.1. The lowest BCUT2D eigenvalue weighted by Gasteiger charge is -2.12. The van der Waals surface area contributed by atoms with Crippen molar-refractivity contribution in [3.8, 4) is 0 Å². The van der Waals surface area contributed by atoms with Gasteiger partial charge in [-0.15, -0.1) is 11.8 Å². The molecule has 0 radical (unpaired) electrons. The summed E-state index contributed by atoms with van der Waals surface area (Å²) in [5.74, 6) is -0.808. The van der Waals surface area contributed by atoms with E-state index in [4.69, 9.17) is 16.7 Å². The molecule has 0 aliphatic carbocycles. The first-order valence-corrected chi connectivity index (χ1v) is 9.52. The van der Waals surface area contributed by atoms with Crippen molar-refractivity contribution in [3.05, 3.63) is 53.3 Å². The van der Waals surface area contributed by atoms with Gasteiger partial charge in [0.05, 0.1) is 15.2 Å². The number of carbonyl (C=O) groups excluding carboxylic acids is 1. The van der Waals surface area contributed by atoms with Crippen molar-refractivity contribution in [3.63, 3.8) is 0 Å². The third-order valence-electron chi connectivity index (χ3n) is 3.02. The number of primary sulfonamides is 1. The Bertz CT molecular complexity index is 858. The van der Waals surface area contributed by atoms with Crippen molar-refractivity contribution in [1.29, 1.82) is 0 Å². The topological polar surface area (TPSA) is 89.3 Å². The number of amides is 1. The highest BCUT2D eigenvalue weighted by Crippen LogP contribution is 2.28. The fourth-order valence-corrected chi connectivity index (χ4v) is 3.45. The predicted molar refractivity (Wildman–Crippen MR) is 93.2 cm³/mol.